The molecule has 2 heteroatoms. The molecule has 0 amide bonds. The van der Waals surface area contributed by atoms with E-state index in [-0.39, 0.29) is 5.97 Å². The highest BCUT2D eigenvalue weighted by atomic mass is 16.5. The van der Waals surface area contributed by atoms with Gasteiger partial charge in [0.15, 0.2) is 0 Å². The first-order chi connectivity index (χ1) is 9.74. The first-order valence-electron chi connectivity index (χ1n) is 8.90. The Kier molecular flexibility index (Phi) is 14.5. The summed E-state index contributed by atoms with van der Waals surface area (Å²) in [5, 5.41) is 0. The van der Waals surface area contributed by atoms with Crippen molar-refractivity contribution in [1.82, 2.24) is 0 Å². The zero-order valence-electron chi connectivity index (χ0n) is 14.1. The van der Waals surface area contributed by atoms with Crippen LogP contribution in [0.25, 0.3) is 0 Å². The number of hydrogen-bond donors (Lipinski definition) is 0. The van der Waals surface area contributed by atoms with Crippen LogP contribution in [0.4, 0.5) is 0 Å². The molecule has 0 spiro atoms. The van der Waals surface area contributed by atoms with Crippen LogP contribution in [-0.4, -0.2) is 12.6 Å². The van der Waals surface area contributed by atoms with Crippen molar-refractivity contribution in [3.63, 3.8) is 0 Å². The summed E-state index contributed by atoms with van der Waals surface area (Å²) < 4.78 is 5.32. The van der Waals surface area contributed by atoms with Gasteiger partial charge in [-0.15, -0.1) is 0 Å². The number of rotatable bonds is 14. The number of hydrogen-bond acceptors (Lipinski definition) is 2. The highest BCUT2D eigenvalue weighted by molar-refractivity contribution is 5.69. The summed E-state index contributed by atoms with van der Waals surface area (Å²) in [7, 11) is 0. The molecule has 0 N–H and O–H groups in total. The Balaban J connectivity index is 3.27. The molecule has 0 heterocycles. The Bertz CT molecular complexity index is 209. The molecular weight excluding hydrogens is 248 g/mol. The second kappa shape index (κ2) is 14.9. The minimum atomic E-state index is -0.000143. The van der Waals surface area contributed by atoms with Crippen molar-refractivity contribution in [3.8, 4) is 0 Å². The minimum Gasteiger partial charge on any atom is -0.465 e. The zero-order chi connectivity index (χ0) is 15.1. The lowest BCUT2D eigenvalue weighted by Crippen LogP contribution is -2.12. The molecule has 20 heavy (non-hydrogen) atoms. The van der Waals surface area contributed by atoms with E-state index in [4.69, 9.17) is 4.74 Å². The molecule has 0 aliphatic carbocycles. The lowest BCUT2D eigenvalue weighted by atomic mass is 10.1. The normalized spacial score (nSPS) is 11.0. The highest BCUT2D eigenvalue weighted by Gasteiger charge is 2.07. The van der Waals surface area contributed by atoms with Gasteiger partial charge in [0.25, 0.3) is 0 Å². The first kappa shape index (κ1) is 19.5. The van der Waals surface area contributed by atoms with Gasteiger partial charge in [0.1, 0.15) is 0 Å². The van der Waals surface area contributed by atoms with Gasteiger partial charge in [-0.1, -0.05) is 85.0 Å². The van der Waals surface area contributed by atoms with Crippen LogP contribution in [0.3, 0.4) is 0 Å². The van der Waals surface area contributed by atoms with E-state index in [0.717, 1.165) is 19.3 Å². The van der Waals surface area contributed by atoms with E-state index in [1.807, 2.05) is 0 Å². The molecule has 0 aromatic rings. The van der Waals surface area contributed by atoms with Crippen molar-refractivity contribution < 1.29 is 9.53 Å². The molecule has 0 radical (unpaired) electrons. The third kappa shape index (κ3) is 12.5. The summed E-state index contributed by atoms with van der Waals surface area (Å²) in [6.45, 7) is 7.18. The average molecular weight is 284 g/mol. The number of unbranched alkanes of at least 4 members (excludes halogenated alkanes) is 8. The van der Waals surface area contributed by atoms with Crippen LogP contribution in [0.2, 0.25) is 0 Å². The maximum Gasteiger partial charge on any atom is 0.305 e. The summed E-state index contributed by atoms with van der Waals surface area (Å²) in [6.07, 6.45) is 14.4. The van der Waals surface area contributed by atoms with Crippen LogP contribution in [0, 0.1) is 5.92 Å². The van der Waals surface area contributed by atoms with Crippen LogP contribution in [-0.2, 0) is 9.53 Å². The fourth-order valence-electron chi connectivity index (χ4n) is 2.39. The van der Waals surface area contributed by atoms with Crippen LogP contribution in [0.5, 0.6) is 0 Å². The van der Waals surface area contributed by atoms with Gasteiger partial charge in [0.2, 0.25) is 0 Å². The Hall–Kier alpha value is -0.530. The van der Waals surface area contributed by atoms with E-state index in [1.54, 1.807) is 0 Å². The molecule has 0 rings (SSSR count). The van der Waals surface area contributed by atoms with Gasteiger partial charge in [0, 0.05) is 6.42 Å². The van der Waals surface area contributed by atoms with Gasteiger partial charge >= 0.3 is 5.97 Å². The van der Waals surface area contributed by atoms with Crippen molar-refractivity contribution in [1.29, 1.82) is 0 Å². The van der Waals surface area contributed by atoms with Crippen LogP contribution in [0.15, 0.2) is 0 Å². The summed E-state index contributed by atoms with van der Waals surface area (Å²) in [4.78, 5) is 11.6. The van der Waals surface area contributed by atoms with E-state index in [1.165, 1.54) is 51.4 Å². The van der Waals surface area contributed by atoms with Gasteiger partial charge in [-0.3, -0.25) is 4.79 Å². The van der Waals surface area contributed by atoms with Gasteiger partial charge in [-0.25, -0.2) is 0 Å². The second-order valence-corrected chi connectivity index (χ2v) is 5.94. The first-order valence-corrected chi connectivity index (χ1v) is 8.90. The molecule has 0 atom stereocenters. The van der Waals surface area contributed by atoms with E-state index in [2.05, 4.69) is 20.8 Å². The molecule has 0 unspecified atom stereocenters. The van der Waals surface area contributed by atoms with E-state index in [9.17, 15) is 4.79 Å². The molecule has 0 bridgehead atoms. The Morgan fingerprint density at radius 3 is 1.80 bits per heavy atom. The SMILES string of the molecule is CCCCCCCCCCCC(=O)OCC(CC)CC. The predicted molar refractivity (Wildman–Crippen MR) is 86.9 cm³/mol. The maximum atomic E-state index is 11.6. The largest absolute Gasteiger partial charge is 0.465 e. The predicted octanol–water partition coefficient (Wildman–Crippen LogP) is 5.89. The number of ether oxygens (including phenoxy) is 1. The lowest BCUT2D eigenvalue weighted by molar-refractivity contribution is -0.145. The van der Waals surface area contributed by atoms with Crippen molar-refractivity contribution in [3.05, 3.63) is 0 Å². The molecule has 0 aliphatic heterocycles. The Morgan fingerprint density at radius 1 is 0.800 bits per heavy atom. The number of carbonyl (C=O) groups excluding carboxylic acids is 1. The van der Waals surface area contributed by atoms with Crippen molar-refractivity contribution in [2.75, 3.05) is 6.61 Å². The number of esters is 1. The molecule has 0 aromatic carbocycles. The zero-order valence-corrected chi connectivity index (χ0v) is 14.1. The topological polar surface area (TPSA) is 26.3 Å². The quantitative estimate of drug-likeness (QED) is 0.294. The molecule has 120 valence electrons. The summed E-state index contributed by atoms with van der Waals surface area (Å²) in [6, 6.07) is 0. The highest BCUT2D eigenvalue weighted by Crippen LogP contribution is 2.12. The fraction of sp³-hybridized carbons (Fsp3) is 0.944. The van der Waals surface area contributed by atoms with Crippen molar-refractivity contribution >= 4 is 5.97 Å². The smallest absolute Gasteiger partial charge is 0.305 e. The molecule has 0 fully saturated rings. The van der Waals surface area contributed by atoms with Gasteiger partial charge in [0.05, 0.1) is 6.61 Å². The van der Waals surface area contributed by atoms with Gasteiger partial charge < -0.3 is 4.74 Å². The van der Waals surface area contributed by atoms with Crippen molar-refractivity contribution in [2.45, 2.75) is 97.8 Å². The van der Waals surface area contributed by atoms with Gasteiger partial charge in [-0.05, 0) is 12.3 Å². The number of carbonyl (C=O) groups is 1. The fourth-order valence-corrected chi connectivity index (χ4v) is 2.39. The lowest BCUT2D eigenvalue weighted by Gasteiger charge is -2.12. The molecule has 2 nitrogen and oxygen atoms in total. The average Bonchev–Trinajstić information content (AvgIpc) is 2.46. The molecule has 0 aromatic heterocycles. The summed E-state index contributed by atoms with van der Waals surface area (Å²) in [5.41, 5.74) is 0. The molecule has 0 aliphatic rings. The Labute approximate surface area is 126 Å². The van der Waals surface area contributed by atoms with Crippen LogP contribution < -0.4 is 0 Å². The third-order valence-electron chi connectivity index (χ3n) is 4.12. The maximum absolute atomic E-state index is 11.6. The minimum absolute atomic E-state index is 0.000143. The molecular formula is C18H36O2. The van der Waals surface area contributed by atoms with E-state index >= 15 is 0 Å². The monoisotopic (exact) mass is 284 g/mol. The Morgan fingerprint density at radius 2 is 1.30 bits per heavy atom. The van der Waals surface area contributed by atoms with Crippen molar-refractivity contribution in [2.24, 2.45) is 5.92 Å². The summed E-state index contributed by atoms with van der Waals surface area (Å²) in [5.74, 6) is 0.543. The van der Waals surface area contributed by atoms with E-state index < -0.39 is 0 Å². The standard InChI is InChI=1S/C18H36O2/c1-4-7-8-9-10-11-12-13-14-15-18(19)20-16-17(5-2)6-3/h17H,4-16H2,1-3H3. The summed E-state index contributed by atoms with van der Waals surface area (Å²) >= 11 is 0. The molecule has 0 saturated heterocycles. The van der Waals surface area contributed by atoms with Crippen LogP contribution >= 0.6 is 0 Å². The third-order valence-corrected chi connectivity index (χ3v) is 4.12. The molecule has 0 saturated carbocycles. The van der Waals surface area contributed by atoms with E-state index in [0.29, 0.717) is 18.9 Å². The van der Waals surface area contributed by atoms with Gasteiger partial charge in [-0.2, -0.15) is 0 Å². The second-order valence-electron chi connectivity index (χ2n) is 5.94. The van der Waals surface area contributed by atoms with Crippen LogP contribution in [0.1, 0.15) is 97.8 Å².